The summed E-state index contributed by atoms with van der Waals surface area (Å²) in [5.74, 6) is 0. The van der Waals surface area contributed by atoms with Crippen molar-refractivity contribution >= 4 is 13.7 Å². The number of para-hydroxylation sites is 1. The number of hydrogen-bond donors (Lipinski definition) is 0. The Balaban J connectivity index is 2.85. The Morgan fingerprint density at radius 3 is 2.11 bits per heavy atom. The molecule has 0 saturated carbocycles. The van der Waals surface area contributed by atoms with E-state index in [1.54, 1.807) is 0 Å². The third-order valence-electron chi connectivity index (χ3n) is 1.27. The van der Waals surface area contributed by atoms with Crippen LogP contribution in [0.15, 0.2) is 30.3 Å². The SMILES string of the molecule is BN(C)c1ccccc1. The zero-order valence-electron chi connectivity index (χ0n) is 5.83. The van der Waals surface area contributed by atoms with Crippen LogP contribution in [0.3, 0.4) is 0 Å². The molecule has 0 heterocycles. The van der Waals surface area contributed by atoms with Gasteiger partial charge >= 0.3 is 0 Å². The fraction of sp³-hybridized carbons (Fsp3) is 0.143. The molecule has 46 valence electrons. The zero-order chi connectivity index (χ0) is 6.69. The molecule has 9 heavy (non-hydrogen) atoms. The highest BCUT2D eigenvalue weighted by Gasteiger charge is 1.87. The molecule has 0 atom stereocenters. The van der Waals surface area contributed by atoms with Gasteiger partial charge in [-0.05, 0) is 19.2 Å². The van der Waals surface area contributed by atoms with Crippen LogP contribution in [-0.4, -0.2) is 15.0 Å². The first kappa shape index (κ1) is 6.21. The third-order valence-corrected chi connectivity index (χ3v) is 1.27. The minimum Gasteiger partial charge on any atom is -0.424 e. The third kappa shape index (κ3) is 1.49. The first-order valence-corrected chi connectivity index (χ1v) is 3.03. The summed E-state index contributed by atoms with van der Waals surface area (Å²) in [5, 5.41) is 0. The van der Waals surface area contributed by atoms with Crippen molar-refractivity contribution in [1.82, 2.24) is 0 Å². The highest BCUT2D eigenvalue weighted by atomic mass is 15.0. The Kier molecular flexibility index (Phi) is 1.78. The lowest BCUT2D eigenvalue weighted by Gasteiger charge is -2.11. The molecule has 0 radical (unpaired) electrons. The standard InChI is InChI=1S/C7H10BN/c1-9(8)7-5-3-2-4-6-7/h2-6H,8H2,1H3. The highest BCUT2D eigenvalue weighted by Crippen LogP contribution is 2.06. The predicted molar refractivity (Wildman–Crippen MR) is 43.4 cm³/mol. The van der Waals surface area contributed by atoms with Gasteiger partial charge in [-0.25, -0.2) is 0 Å². The average molecular weight is 119 g/mol. The lowest BCUT2D eigenvalue weighted by atomic mass is 10.2. The van der Waals surface area contributed by atoms with E-state index in [-0.39, 0.29) is 0 Å². The lowest BCUT2D eigenvalue weighted by Crippen LogP contribution is -2.10. The molecule has 1 aromatic carbocycles. The Bertz CT molecular complexity index is 172. The van der Waals surface area contributed by atoms with Crippen LogP contribution >= 0.6 is 0 Å². The molecule has 2 heteroatoms. The van der Waals surface area contributed by atoms with Crippen molar-refractivity contribution in [2.45, 2.75) is 0 Å². The van der Waals surface area contributed by atoms with E-state index in [1.165, 1.54) is 5.69 Å². The number of anilines is 1. The van der Waals surface area contributed by atoms with Crippen molar-refractivity contribution < 1.29 is 0 Å². The summed E-state index contributed by atoms with van der Waals surface area (Å²) in [6, 6.07) is 10.3. The molecule has 0 aliphatic rings. The molecule has 0 spiro atoms. The van der Waals surface area contributed by atoms with E-state index in [0.717, 1.165) is 0 Å². The molecule has 1 rings (SSSR count). The normalized spacial score (nSPS) is 9.00. The molecule has 0 bridgehead atoms. The van der Waals surface area contributed by atoms with E-state index >= 15 is 0 Å². The first-order chi connectivity index (χ1) is 4.30. The second-order valence-electron chi connectivity index (χ2n) is 2.23. The summed E-state index contributed by atoms with van der Waals surface area (Å²) in [6.45, 7) is 0. The predicted octanol–water partition coefficient (Wildman–Crippen LogP) is 0.671. The number of hydrogen-bond acceptors (Lipinski definition) is 1. The quantitative estimate of drug-likeness (QED) is 0.491. The molecular formula is C7H10BN. The van der Waals surface area contributed by atoms with Crippen molar-refractivity contribution in [2.75, 3.05) is 11.9 Å². The largest absolute Gasteiger partial charge is 0.424 e. The maximum Gasteiger partial charge on any atom is 0.217 e. The van der Waals surface area contributed by atoms with E-state index in [9.17, 15) is 0 Å². The Morgan fingerprint density at radius 1 is 1.22 bits per heavy atom. The number of benzene rings is 1. The van der Waals surface area contributed by atoms with Gasteiger partial charge in [0.1, 0.15) is 0 Å². The van der Waals surface area contributed by atoms with Crippen LogP contribution in [0.2, 0.25) is 0 Å². The van der Waals surface area contributed by atoms with E-state index < -0.39 is 0 Å². The zero-order valence-corrected chi connectivity index (χ0v) is 5.83. The summed E-state index contributed by atoms with van der Waals surface area (Å²) in [7, 11) is 4.07. The van der Waals surface area contributed by atoms with Crippen molar-refractivity contribution in [2.24, 2.45) is 0 Å². The van der Waals surface area contributed by atoms with E-state index in [2.05, 4.69) is 16.9 Å². The summed E-state index contributed by atoms with van der Waals surface area (Å²) in [5.41, 5.74) is 1.25. The molecule has 0 amide bonds. The van der Waals surface area contributed by atoms with Gasteiger partial charge in [-0.3, -0.25) is 0 Å². The maximum absolute atomic E-state index is 2.08. The summed E-state index contributed by atoms with van der Waals surface area (Å²) >= 11 is 0. The van der Waals surface area contributed by atoms with E-state index in [0.29, 0.717) is 0 Å². The van der Waals surface area contributed by atoms with Gasteiger partial charge in [0.2, 0.25) is 7.98 Å². The second-order valence-corrected chi connectivity index (χ2v) is 2.23. The van der Waals surface area contributed by atoms with Crippen LogP contribution in [0.5, 0.6) is 0 Å². The summed E-state index contributed by atoms with van der Waals surface area (Å²) in [6.07, 6.45) is 0. The molecule has 0 aliphatic carbocycles. The summed E-state index contributed by atoms with van der Waals surface area (Å²) in [4.78, 5) is 2.08. The Hall–Kier alpha value is -0.915. The van der Waals surface area contributed by atoms with Gasteiger partial charge in [0.15, 0.2) is 0 Å². The van der Waals surface area contributed by atoms with Crippen LogP contribution in [0, 0.1) is 0 Å². The second kappa shape index (κ2) is 2.58. The van der Waals surface area contributed by atoms with Gasteiger partial charge in [0.05, 0.1) is 0 Å². The fourth-order valence-corrected chi connectivity index (χ4v) is 0.726. The van der Waals surface area contributed by atoms with Crippen molar-refractivity contribution in [3.8, 4) is 0 Å². The Labute approximate surface area is 56.7 Å². The van der Waals surface area contributed by atoms with Crippen molar-refractivity contribution in [3.63, 3.8) is 0 Å². The smallest absolute Gasteiger partial charge is 0.217 e. The molecule has 1 aromatic rings. The van der Waals surface area contributed by atoms with Crippen molar-refractivity contribution in [3.05, 3.63) is 30.3 Å². The molecule has 0 fully saturated rings. The average Bonchev–Trinajstić information content (AvgIpc) is 1.90. The number of nitrogens with zero attached hydrogens (tertiary/aromatic N) is 1. The lowest BCUT2D eigenvalue weighted by molar-refractivity contribution is 1.34. The topological polar surface area (TPSA) is 3.24 Å². The molecule has 1 nitrogen and oxygen atoms in total. The first-order valence-electron chi connectivity index (χ1n) is 3.03. The molecule has 0 aromatic heterocycles. The van der Waals surface area contributed by atoms with E-state index in [1.807, 2.05) is 33.2 Å². The van der Waals surface area contributed by atoms with Gasteiger partial charge in [-0.15, -0.1) is 0 Å². The fourth-order valence-electron chi connectivity index (χ4n) is 0.726. The Morgan fingerprint density at radius 2 is 1.78 bits per heavy atom. The number of rotatable bonds is 1. The van der Waals surface area contributed by atoms with Crippen molar-refractivity contribution in [1.29, 1.82) is 0 Å². The van der Waals surface area contributed by atoms with Gasteiger partial charge in [-0.1, -0.05) is 18.2 Å². The monoisotopic (exact) mass is 119 g/mol. The van der Waals surface area contributed by atoms with Gasteiger partial charge in [0, 0.05) is 5.69 Å². The molecule has 0 unspecified atom stereocenters. The molecular weight excluding hydrogens is 109 g/mol. The minimum atomic E-state index is 1.25. The van der Waals surface area contributed by atoms with Gasteiger partial charge < -0.3 is 4.81 Å². The highest BCUT2D eigenvalue weighted by molar-refractivity contribution is 6.17. The van der Waals surface area contributed by atoms with Crippen LogP contribution in [0.4, 0.5) is 5.69 Å². The molecule has 0 saturated heterocycles. The maximum atomic E-state index is 2.08. The van der Waals surface area contributed by atoms with Crippen LogP contribution in [0.25, 0.3) is 0 Å². The van der Waals surface area contributed by atoms with Crippen LogP contribution in [0.1, 0.15) is 0 Å². The van der Waals surface area contributed by atoms with Gasteiger partial charge in [-0.2, -0.15) is 0 Å². The van der Waals surface area contributed by atoms with Crippen LogP contribution < -0.4 is 4.81 Å². The molecule has 0 aliphatic heterocycles. The van der Waals surface area contributed by atoms with Gasteiger partial charge in [0.25, 0.3) is 0 Å². The molecule has 0 N–H and O–H groups in total. The van der Waals surface area contributed by atoms with Crippen LogP contribution in [-0.2, 0) is 0 Å². The summed E-state index contributed by atoms with van der Waals surface area (Å²) < 4.78 is 0. The van der Waals surface area contributed by atoms with E-state index in [4.69, 9.17) is 0 Å². The minimum absolute atomic E-state index is 1.25.